The zero-order chi connectivity index (χ0) is 20.4. The highest BCUT2D eigenvalue weighted by Gasteiger charge is 2.24. The molecule has 0 fully saturated rings. The van der Waals surface area contributed by atoms with Crippen molar-refractivity contribution in [2.75, 3.05) is 42.2 Å². The zero-order valence-corrected chi connectivity index (χ0v) is 17.9. The molecule has 0 aliphatic carbocycles. The summed E-state index contributed by atoms with van der Waals surface area (Å²) in [5.74, 6) is 0.804. The molecule has 1 unspecified atom stereocenters. The highest BCUT2D eigenvalue weighted by molar-refractivity contribution is 7.89. The van der Waals surface area contributed by atoms with Crippen LogP contribution in [0, 0.1) is 0 Å². The van der Waals surface area contributed by atoms with E-state index in [0.29, 0.717) is 18.7 Å². The quantitative estimate of drug-likeness (QED) is 0.739. The van der Waals surface area contributed by atoms with Gasteiger partial charge < -0.3 is 14.4 Å². The summed E-state index contributed by atoms with van der Waals surface area (Å²) in [6.07, 6.45) is 7.42. The Hall–Kier alpha value is -2.09. The summed E-state index contributed by atoms with van der Waals surface area (Å²) in [5, 5.41) is 0. The number of amides is 1. The van der Waals surface area contributed by atoms with Gasteiger partial charge in [0.25, 0.3) is 0 Å². The van der Waals surface area contributed by atoms with Gasteiger partial charge in [-0.25, -0.2) is 0 Å². The van der Waals surface area contributed by atoms with Crippen molar-refractivity contribution in [2.45, 2.75) is 32.6 Å². The number of benzene rings is 1. The summed E-state index contributed by atoms with van der Waals surface area (Å²) in [6.45, 7) is 4.43. The Morgan fingerprint density at radius 3 is 2.90 bits per heavy atom. The van der Waals surface area contributed by atoms with E-state index >= 15 is 0 Å². The molecule has 6 nitrogen and oxygen atoms in total. The fourth-order valence-electron chi connectivity index (χ4n) is 4.28. The van der Waals surface area contributed by atoms with E-state index < -0.39 is 11.4 Å². The van der Waals surface area contributed by atoms with Crippen LogP contribution in [0.25, 0.3) is 11.1 Å². The van der Waals surface area contributed by atoms with Crippen molar-refractivity contribution in [1.29, 1.82) is 0 Å². The lowest BCUT2D eigenvalue weighted by Crippen LogP contribution is -2.38. The predicted molar refractivity (Wildman–Crippen MR) is 119 cm³/mol. The van der Waals surface area contributed by atoms with Gasteiger partial charge in [-0.3, -0.25) is 9.78 Å². The van der Waals surface area contributed by atoms with Crippen molar-refractivity contribution in [3.05, 3.63) is 41.7 Å². The Labute approximate surface area is 175 Å². The van der Waals surface area contributed by atoms with Crippen LogP contribution in [0.4, 0.5) is 11.4 Å². The number of carbonyl (C=O) groups excluding carboxylic acids is 1. The van der Waals surface area contributed by atoms with Gasteiger partial charge >= 0.3 is 0 Å². The molecule has 2 aromatic rings. The van der Waals surface area contributed by atoms with E-state index in [1.165, 1.54) is 27.9 Å². The minimum absolute atomic E-state index is 0.178. The van der Waals surface area contributed by atoms with Crippen molar-refractivity contribution >= 4 is 28.6 Å². The lowest BCUT2D eigenvalue weighted by Gasteiger charge is -2.32. The van der Waals surface area contributed by atoms with Gasteiger partial charge in [-0.15, -0.1) is 4.72 Å². The maximum atomic E-state index is 12.0. The summed E-state index contributed by atoms with van der Waals surface area (Å²) >= 11 is -0.951. The summed E-state index contributed by atoms with van der Waals surface area (Å²) in [4.78, 5) is 20.6. The Balaban J connectivity index is 1.60. The lowest BCUT2D eigenvalue weighted by atomic mass is 9.91. The van der Waals surface area contributed by atoms with Crippen molar-refractivity contribution < 1.29 is 9.35 Å². The molecular weight excluding hydrogens is 384 g/mol. The number of aromatic nitrogens is 1. The number of carbonyl (C=O) groups is 1. The second-order valence-electron chi connectivity index (χ2n) is 7.60. The van der Waals surface area contributed by atoms with E-state index in [0.717, 1.165) is 38.0 Å². The monoisotopic (exact) mass is 412 g/mol. The average molecular weight is 413 g/mol. The summed E-state index contributed by atoms with van der Waals surface area (Å²) < 4.78 is 14.7. The van der Waals surface area contributed by atoms with E-state index in [-0.39, 0.29) is 5.91 Å². The van der Waals surface area contributed by atoms with Crippen LogP contribution in [-0.4, -0.2) is 47.9 Å². The molecule has 1 aromatic heterocycles. The summed E-state index contributed by atoms with van der Waals surface area (Å²) in [7, 11) is 1.85. The maximum absolute atomic E-state index is 12.0. The second-order valence-corrected chi connectivity index (χ2v) is 9.16. The number of aryl methyl sites for hydroxylation is 1. The molecule has 7 heteroatoms. The molecule has 0 saturated heterocycles. The molecule has 3 heterocycles. The maximum Gasteiger partial charge on any atom is 0.227 e. The molecule has 154 valence electrons. The van der Waals surface area contributed by atoms with Crippen LogP contribution in [0.5, 0.6) is 0 Å². The van der Waals surface area contributed by atoms with Crippen LogP contribution in [0.15, 0.2) is 30.6 Å². The first-order chi connectivity index (χ1) is 14.1. The molecule has 2 aliphatic heterocycles. The summed E-state index contributed by atoms with van der Waals surface area (Å²) in [6, 6.07) is 6.39. The predicted octanol–water partition coefficient (Wildman–Crippen LogP) is 2.68. The Bertz CT molecular complexity index is 904. The number of hydrogen-bond donors (Lipinski definition) is 1. The van der Waals surface area contributed by atoms with E-state index in [4.69, 9.17) is 0 Å². The number of rotatable bonds is 6. The topological polar surface area (TPSA) is 71.5 Å². The number of hydrogen-bond acceptors (Lipinski definition) is 5. The lowest BCUT2D eigenvalue weighted by molar-refractivity contribution is -0.118. The molecule has 0 radical (unpaired) electrons. The van der Waals surface area contributed by atoms with Gasteiger partial charge in [0, 0.05) is 55.4 Å². The smallest absolute Gasteiger partial charge is 0.227 e. The molecule has 1 N–H and O–H groups in total. The molecule has 0 spiro atoms. The Kier molecular flexibility index (Phi) is 6.08. The highest BCUT2D eigenvalue weighted by Crippen LogP contribution is 2.37. The van der Waals surface area contributed by atoms with Gasteiger partial charge in [-0.2, -0.15) is 0 Å². The molecule has 1 aromatic carbocycles. The zero-order valence-electron chi connectivity index (χ0n) is 17.1. The standard InChI is InChI=1S/C22H28N4O2S/c1-3-29(28)24-10-12-26-11-4-5-18-19(14-23-15-21(18)26)16-6-8-20-17(13-16)7-9-22(27)25(20)2/h6,8,13-15,24H,3-5,7,9-12H2,1-2H3. The van der Waals surface area contributed by atoms with E-state index in [1.54, 1.807) is 4.90 Å². The van der Waals surface area contributed by atoms with Gasteiger partial charge in [-0.1, -0.05) is 6.07 Å². The molecule has 1 amide bonds. The third-order valence-electron chi connectivity index (χ3n) is 5.87. The van der Waals surface area contributed by atoms with E-state index in [1.807, 2.05) is 26.4 Å². The first-order valence-corrected chi connectivity index (χ1v) is 11.6. The Morgan fingerprint density at radius 1 is 1.21 bits per heavy atom. The van der Waals surface area contributed by atoms with Gasteiger partial charge in [0.2, 0.25) is 5.91 Å². The molecule has 2 aliphatic rings. The van der Waals surface area contributed by atoms with Crippen molar-refractivity contribution in [2.24, 2.45) is 0 Å². The van der Waals surface area contributed by atoms with Crippen LogP contribution >= 0.6 is 0 Å². The number of nitrogens with zero attached hydrogens (tertiary/aromatic N) is 3. The van der Waals surface area contributed by atoms with Crippen molar-refractivity contribution in [3.63, 3.8) is 0 Å². The third-order valence-corrected chi connectivity index (χ3v) is 6.92. The molecule has 0 saturated carbocycles. The number of fused-ring (bicyclic) bond motifs is 2. The SMILES string of the molecule is CC[S+]([O-])NCCN1CCCc2c(-c3ccc4c(c3)CCC(=O)N4C)cncc21. The second kappa shape index (κ2) is 8.73. The normalized spacial score (nSPS) is 17.1. The number of pyridine rings is 1. The largest absolute Gasteiger partial charge is 0.598 e. The minimum atomic E-state index is -0.951. The first kappa shape index (κ1) is 20.2. The van der Waals surface area contributed by atoms with E-state index in [9.17, 15) is 9.35 Å². The first-order valence-electron chi connectivity index (χ1n) is 10.3. The van der Waals surface area contributed by atoms with Crippen molar-refractivity contribution in [1.82, 2.24) is 9.71 Å². The third kappa shape index (κ3) is 4.13. The van der Waals surface area contributed by atoms with Gasteiger partial charge in [0.05, 0.1) is 18.4 Å². The summed E-state index contributed by atoms with van der Waals surface area (Å²) in [5.41, 5.74) is 7.11. The van der Waals surface area contributed by atoms with Crippen LogP contribution in [-0.2, 0) is 29.0 Å². The average Bonchev–Trinajstić information content (AvgIpc) is 2.75. The fraction of sp³-hybridized carbons (Fsp3) is 0.455. The fourth-order valence-corrected chi connectivity index (χ4v) is 4.80. The van der Waals surface area contributed by atoms with Crippen LogP contribution in [0.1, 0.15) is 30.9 Å². The van der Waals surface area contributed by atoms with Crippen LogP contribution < -0.4 is 14.5 Å². The van der Waals surface area contributed by atoms with E-state index in [2.05, 4.69) is 32.8 Å². The highest BCUT2D eigenvalue weighted by atomic mass is 32.2. The van der Waals surface area contributed by atoms with Crippen LogP contribution in [0.3, 0.4) is 0 Å². The van der Waals surface area contributed by atoms with Crippen LogP contribution in [0.2, 0.25) is 0 Å². The van der Waals surface area contributed by atoms with Gasteiger partial charge in [-0.05, 0) is 55.0 Å². The van der Waals surface area contributed by atoms with Crippen molar-refractivity contribution in [3.8, 4) is 11.1 Å². The Morgan fingerprint density at radius 2 is 2.07 bits per heavy atom. The van der Waals surface area contributed by atoms with Gasteiger partial charge in [0.15, 0.2) is 0 Å². The molecular formula is C22H28N4O2S. The minimum Gasteiger partial charge on any atom is -0.598 e. The van der Waals surface area contributed by atoms with Gasteiger partial charge in [0.1, 0.15) is 5.75 Å². The molecule has 1 atom stereocenters. The molecule has 0 bridgehead atoms. The molecule has 4 rings (SSSR count). The molecule has 29 heavy (non-hydrogen) atoms. The number of nitrogens with one attached hydrogen (secondary N) is 1. The number of anilines is 2.